The monoisotopic (exact) mass is 324 g/mol. The van der Waals surface area contributed by atoms with Gasteiger partial charge in [-0.3, -0.25) is 9.71 Å². The Balaban J connectivity index is 1.85. The Labute approximate surface area is 123 Å². The zero-order chi connectivity index (χ0) is 14.0. The lowest BCUT2D eigenvalue weighted by Gasteiger charge is -2.00. The second kappa shape index (κ2) is 5.27. The van der Waals surface area contributed by atoms with Gasteiger partial charge in [0.1, 0.15) is 4.21 Å². The Hall–Kier alpha value is -1.84. The second-order valence-corrected chi connectivity index (χ2v) is 7.31. The van der Waals surface area contributed by atoms with Crippen LogP contribution in [0.15, 0.2) is 46.2 Å². The molecule has 6 nitrogen and oxygen atoms in total. The summed E-state index contributed by atoms with van der Waals surface area (Å²) in [6.07, 6.45) is 3.26. The molecule has 0 fully saturated rings. The molecule has 0 bridgehead atoms. The van der Waals surface area contributed by atoms with E-state index in [1.54, 1.807) is 36.0 Å². The third kappa shape index (κ3) is 2.69. The summed E-state index contributed by atoms with van der Waals surface area (Å²) in [6.45, 7) is 0. The summed E-state index contributed by atoms with van der Waals surface area (Å²) in [5, 5.41) is 1.95. The van der Waals surface area contributed by atoms with Crippen LogP contribution in [-0.2, 0) is 10.0 Å². The van der Waals surface area contributed by atoms with Crippen molar-refractivity contribution in [3.63, 3.8) is 0 Å². The van der Waals surface area contributed by atoms with Gasteiger partial charge in [0, 0.05) is 29.5 Å². The maximum Gasteiger partial charge on any atom is 0.273 e. The van der Waals surface area contributed by atoms with Crippen molar-refractivity contribution in [2.24, 2.45) is 0 Å². The van der Waals surface area contributed by atoms with Gasteiger partial charge in [0.25, 0.3) is 10.0 Å². The molecule has 0 radical (unpaired) electrons. The maximum atomic E-state index is 12.0. The minimum atomic E-state index is -3.57. The summed E-state index contributed by atoms with van der Waals surface area (Å²) >= 11 is 2.15. The summed E-state index contributed by atoms with van der Waals surface area (Å²) in [6, 6.07) is 6.75. The molecule has 0 aliphatic rings. The van der Waals surface area contributed by atoms with Crippen LogP contribution in [0.1, 0.15) is 0 Å². The third-order valence-electron chi connectivity index (χ3n) is 2.35. The Kier molecular flexibility index (Phi) is 3.47. The second-order valence-electron chi connectivity index (χ2n) is 3.70. The number of rotatable bonds is 4. The summed E-state index contributed by atoms with van der Waals surface area (Å²) in [4.78, 5) is 8.08. The normalized spacial score (nSPS) is 11.4. The molecular weight excluding hydrogens is 316 g/mol. The van der Waals surface area contributed by atoms with E-state index in [0.717, 1.165) is 28.4 Å². The maximum absolute atomic E-state index is 12.0. The van der Waals surface area contributed by atoms with Crippen molar-refractivity contribution in [3.8, 4) is 11.4 Å². The van der Waals surface area contributed by atoms with Gasteiger partial charge < -0.3 is 0 Å². The fourth-order valence-corrected chi connectivity index (χ4v) is 4.27. The fourth-order valence-electron chi connectivity index (χ4n) is 1.46. The molecule has 0 aliphatic carbocycles. The van der Waals surface area contributed by atoms with Crippen molar-refractivity contribution < 1.29 is 8.42 Å². The highest BCUT2D eigenvalue weighted by Gasteiger charge is 2.17. The first-order valence-electron chi connectivity index (χ1n) is 5.45. The van der Waals surface area contributed by atoms with Gasteiger partial charge in [-0.05, 0) is 23.6 Å². The van der Waals surface area contributed by atoms with Gasteiger partial charge in [0.15, 0.2) is 5.82 Å². The first-order valence-corrected chi connectivity index (χ1v) is 8.59. The average molecular weight is 324 g/mol. The van der Waals surface area contributed by atoms with Crippen molar-refractivity contribution in [2.75, 3.05) is 4.72 Å². The van der Waals surface area contributed by atoms with E-state index in [1.807, 2.05) is 0 Å². The smallest absolute Gasteiger partial charge is 0.265 e. The van der Waals surface area contributed by atoms with Crippen LogP contribution in [0.5, 0.6) is 0 Å². The summed E-state index contributed by atoms with van der Waals surface area (Å²) in [5.41, 5.74) is 0.790. The van der Waals surface area contributed by atoms with E-state index in [2.05, 4.69) is 19.1 Å². The first-order chi connectivity index (χ1) is 9.65. The molecule has 102 valence electrons. The van der Waals surface area contributed by atoms with Gasteiger partial charge >= 0.3 is 0 Å². The van der Waals surface area contributed by atoms with E-state index in [9.17, 15) is 8.42 Å². The van der Waals surface area contributed by atoms with E-state index < -0.39 is 10.0 Å². The summed E-state index contributed by atoms with van der Waals surface area (Å²) in [7, 11) is -3.57. The first kappa shape index (κ1) is 13.2. The molecule has 0 amide bonds. The zero-order valence-electron chi connectivity index (χ0n) is 9.92. The quantitative estimate of drug-likeness (QED) is 0.797. The molecular formula is C11H8N4O2S3. The van der Waals surface area contributed by atoms with Crippen molar-refractivity contribution >= 4 is 38.0 Å². The largest absolute Gasteiger partial charge is 0.273 e. The van der Waals surface area contributed by atoms with Crippen molar-refractivity contribution in [1.29, 1.82) is 0 Å². The molecule has 0 aliphatic heterocycles. The topological polar surface area (TPSA) is 84.8 Å². The van der Waals surface area contributed by atoms with Gasteiger partial charge in [0.2, 0.25) is 5.13 Å². The third-order valence-corrected chi connectivity index (χ3v) is 5.84. The Morgan fingerprint density at radius 3 is 2.65 bits per heavy atom. The average Bonchev–Trinajstić information content (AvgIpc) is 3.10. The van der Waals surface area contributed by atoms with Crippen LogP contribution >= 0.6 is 22.9 Å². The number of nitrogens with one attached hydrogen (secondary N) is 1. The number of nitrogens with zero attached hydrogens (tertiary/aromatic N) is 3. The predicted molar refractivity (Wildman–Crippen MR) is 78.3 cm³/mol. The van der Waals surface area contributed by atoms with Crippen molar-refractivity contribution in [2.45, 2.75) is 4.21 Å². The molecule has 9 heteroatoms. The molecule has 3 rings (SSSR count). The molecule has 0 atom stereocenters. The summed E-state index contributed by atoms with van der Waals surface area (Å²) < 4.78 is 30.9. The number of aromatic nitrogens is 3. The predicted octanol–water partition coefficient (Wildman–Crippen LogP) is 2.46. The van der Waals surface area contributed by atoms with E-state index in [4.69, 9.17) is 0 Å². The minimum Gasteiger partial charge on any atom is -0.265 e. The van der Waals surface area contributed by atoms with Crippen LogP contribution in [0, 0.1) is 0 Å². The Morgan fingerprint density at radius 2 is 1.95 bits per heavy atom. The van der Waals surface area contributed by atoms with Gasteiger partial charge in [0.05, 0.1) is 0 Å². The molecule has 0 spiro atoms. The SMILES string of the molecule is O=S(=O)(Nc1nc(-c2ccncc2)ns1)c1cccs1. The van der Waals surface area contributed by atoms with Gasteiger partial charge in [-0.2, -0.15) is 9.36 Å². The molecule has 0 saturated carbocycles. The number of thiophene rings is 1. The minimum absolute atomic E-state index is 0.241. The highest BCUT2D eigenvalue weighted by atomic mass is 32.2. The molecule has 0 saturated heterocycles. The molecule has 3 heterocycles. The van der Waals surface area contributed by atoms with Gasteiger partial charge in [-0.25, -0.2) is 8.42 Å². The summed E-state index contributed by atoms with van der Waals surface area (Å²) in [5.74, 6) is 0.473. The molecule has 0 aromatic carbocycles. The van der Waals surface area contributed by atoms with Gasteiger partial charge in [-0.15, -0.1) is 11.3 Å². The van der Waals surface area contributed by atoms with Crippen LogP contribution in [0.25, 0.3) is 11.4 Å². The fraction of sp³-hybridized carbons (Fsp3) is 0. The number of hydrogen-bond acceptors (Lipinski definition) is 7. The lowest BCUT2D eigenvalue weighted by molar-refractivity contribution is 0.603. The Bertz CT molecular complexity index is 797. The van der Waals surface area contributed by atoms with Crippen LogP contribution < -0.4 is 4.72 Å². The van der Waals surface area contributed by atoms with E-state index in [-0.39, 0.29) is 9.34 Å². The van der Waals surface area contributed by atoms with E-state index in [1.165, 1.54) is 6.07 Å². The molecule has 20 heavy (non-hydrogen) atoms. The van der Waals surface area contributed by atoms with Crippen LogP contribution in [-0.4, -0.2) is 22.8 Å². The van der Waals surface area contributed by atoms with E-state index in [0.29, 0.717) is 5.82 Å². The molecule has 1 N–H and O–H groups in total. The van der Waals surface area contributed by atoms with Crippen molar-refractivity contribution in [1.82, 2.24) is 14.3 Å². The highest BCUT2D eigenvalue weighted by molar-refractivity contribution is 7.94. The molecule has 3 aromatic heterocycles. The lowest BCUT2D eigenvalue weighted by atomic mass is 10.3. The lowest BCUT2D eigenvalue weighted by Crippen LogP contribution is -2.11. The van der Waals surface area contributed by atoms with E-state index >= 15 is 0 Å². The van der Waals surface area contributed by atoms with Crippen LogP contribution in [0.2, 0.25) is 0 Å². The Morgan fingerprint density at radius 1 is 1.15 bits per heavy atom. The molecule has 3 aromatic rings. The number of hydrogen-bond donors (Lipinski definition) is 1. The zero-order valence-corrected chi connectivity index (χ0v) is 12.4. The van der Waals surface area contributed by atoms with Crippen molar-refractivity contribution in [3.05, 3.63) is 42.0 Å². The van der Waals surface area contributed by atoms with Crippen LogP contribution in [0.4, 0.5) is 5.13 Å². The number of pyridine rings is 1. The van der Waals surface area contributed by atoms with Crippen LogP contribution in [0.3, 0.4) is 0 Å². The highest BCUT2D eigenvalue weighted by Crippen LogP contribution is 2.24. The van der Waals surface area contributed by atoms with Gasteiger partial charge in [-0.1, -0.05) is 6.07 Å². The number of anilines is 1. The standard InChI is InChI=1S/C11H8N4O2S3/c16-20(17,9-2-1-7-18-9)15-11-13-10(14-19-11)8-3-5-12-6-4-8/h1-7H,(H,13,14,15). The number of sulfonamides is 1. The molecule has 0 unspecified atom stereocenters.